The maximum Gasteiger partial charge on any atom is 0.325 e. The van der Waals surface area contributed by atoms with Crippen LogP contribution in [0.4, 0.5) is 10.5 Å². The zero-order valence-corrected chi connectivity index (χ0v) is 11.8. The van der Waals surface area contributed by atoms with Crippen molar-refractivity contribution in [2.45, 2.75) is 31.7 Å². The van der Waals surface area contributed by atoms with E-state index in [1.54, 1.807) is 4.90 Å². The van der Waals surface area contributed by atoms with E-state index < -0.39 is 5.54 Å². The van der Waals surface area contributed by atoms with E-state index in [-0.39, 0.29) is 11.9 Å². The van der Waals surface area contributed by atoms with Crippen LogP contribution in [0.1, 0.15) is 24.5 Å². The number of fused-ring (bicyclic) bond motifs is 1. The summed E-state index contributed by atoms with van der Waals surface area (Å²) in [5.41, 5.74) is 1.97. The molecule has 1 fully saturated rings. The van der Waals surface area contributed by atoms with Crippen LogP contribution in [0.15, 0.2) is 18.2 Å². The molecule has 4 amide bonds. The lowest BCUT2D eigenvalue weighted by molar-refractivity contribution is -0.126. The molecule has 6 nitrogen and oxygen atoms in total. The molecule has 1 atom stereocenters. The van der Waals surface area contributed by atoms with Crippen LogP contribution in [0, 0.1) is 0 Å². The second kappa shape index (κ2) is 4.87. The van der Waals surface area contributed by atoms with Crippen molar-refractivity contribution in [1.29, 1.82) is 0 Å². The largest absolute Gasteiger partial charge is 0.329 e. The molecule has 1 aliphatic heterocycles. The van der Waals surface area contributed by atoms with Gasteiger partial charge in [-0.25, -0.2) is 4.79 Å². The normalized spacial score (nSPS) is 23.4. The van der Waals surface area contributed by atoms with Gasteiger partial charge < -0.3 is 10.2 Å². The Morgan fingerprint density at radius 1 is 1.33 bits per heavy atom. The lowest BCUT2D eigenvalue weighted by Gasteiger charge is -2.31. The summed E-state index contributed by atoms with van der Waals surface area (Å²) in [7, 11) is 0. The Balaban J connectivity index is 1.95. The minimum absolute atomic E-state index is 0.220. The lowest BCUT2D eigenvalue weighted by Crippen LogP contribution is -2.50. The van der Waals surface area contributed by atoms with Gasteiger partial charge >= 0.3 is 6.03 Å². The molecule has 3 rings (SSSR count). The van der Waals surface area contributed by atoms with Crippen molar-refractivity contribution < 1.29 is 14.4 Å². The minimum Gasteiger partial charge on any atom is -0.329 e. The third-order valence-electron chi connectivity index (χ3n) is 4.25. The number of anilines is 1. The van der Waals surface area contributed by atoms with Gasteiger partial charge in [-0.15, -0.1) is 0 Å². The van der Waals surface area contributed by atoms with Crippen LogP contribution in [-0.2, 0) is 22.4 Å². The molecule has 2 N–H and O–H groups in total. The first-order chi connectivity index (χ1) is 10.1. The second-order valence-corrected chi connectivity index (χ2v) is 5.54. The lowest BCUT2D eigenvalue weighted by atomic mass is 9.94. The molecule has 1 aromatic rings. The number of amides is 4. The molecule has 1 saturated heterocycles. The Bertz CT molecular complexity index is 629. The van der Waals surface area contributed by atoms with Gasteiger partial charge in [-0.1, -0.05) is 13.0 Å². The summed E-state index contributed by atoms with van der Waals surface area (Å²) < 4.78 is 0. The van der Waals surface area contributed by atoms with Crippen molar-refractivity contribution in [2.75, 3.05) is 11.9 Å². The summed E-state index contributed by atoms with van der Waals surface area (Å²) in [6.07, 6.45) is 2.45. The zero-order valence-electron chi connectivity index (χ0n) is 11.8. The molecule has 0 radical (unpaired) electrons. The molecule has 1 unspecified atom stereocenters. The number of urea groups is 1. The highest BCUT2D eigenvalue weighted by molar-refractivity contribution is 6.07. The van der Waals surface area contributed by atoms with E-state index in [1.807, 2.05) is 25.1 Å². The topological polar surface area (TPSA) is 78.5 Å². The molecular formula is C15H17N3O3. The molecule has 1 aliphatic carbocycles. The Morgan fingerprint density at radius 2 is 2.10 bits per heavy atom. The first-order valence-corrected chi connectivity index (χ1v) is 7.06. The maximum atomic E-state index is 12.3. The number of hydrogen-bond acceptors (Lipinski definition) is 3. The highest BCUT2D eigenvalue weighted by Gasteiger charge is 2.55. The Morgan fingerprint density at radius 3 is 2.81 bits per heavy atom. The van der Waals surface area contributed by atoms with E-state index in [0.717, 1.165) is 17.5 Å². The van der Waals surface area contributed by atoms with E-state index in [9.17, 15) is 14.4 Å². The Hall–Kier alpha value is -2.37. The highest BCUT2D eigenvalue weighted by Crippen LogP contribution is 2.38. The van der Waals surface area contributed by atoms with Crippen molar-refractivity contribution >= 4 is 24.0 Å². The van der Waals surface area contributed by atoms with Crippen LogP contribution in [0.2, 0.25) is 0 Å². The third-order valence-corrected chi connectivity index (χ3v) is 4.25. The van der Waals surface area contributed by atoms with Gasteiger partial charge in [0.15, 0.2) is 0 Å². The smallest absolute Gasteiger partial charge is 0.325 e. The van der Waals surface area contributed by atoms with Crippen molar-refractivity contribution in [1.82, 2.24) is 10.2 Å². The molecular weight excluding hydrogens is 270 g/mol. The second-order valence-electron chi connectivity index (χ2n) is 5.54. The molecule has 110 valence electrons. The minimum atomic E-state index is -0.796. The van der Waals surface area contributed by atoms with E-state index in [1.165, 1.54) is 0 Å². The van der Waals surface area contributed by atoms with Crippen molar-refractivity contribution in [3.63, 3.8) is 0 Å². The summed E-state index contributed by atoms with van der Waals surface area (Å²) in [4.78, 5) is 36.5. The molecule has 0 aromatic heterocycles. The Kier molecular flexibility index (Phi) is 3.16. The molecule has 1 heterocycles. The summed E-state index contributed by atoms with van der Waals surface area (Å²) in [5.74, 6) is -0.220. The third kappa shape index (κ3) is 1.98. The molecule has 1 spiro atoms. The number of nitrogens with one attached hydrogen (secondary N) is 2. The molecule has 0 saturated carbocycles. The predicted octanol–water partition coefficient (Wildman–Crippen LogP) is 1.05. The van der Waals surface area contributed by atoms with E-state index in [0.29, 0.717) is 31.5 Å². The monoisotopic (exact) mass is 287 g/mol. The quantitative estimate of drug-likeness (QED) is 0.642. The van der Waals surface area contributed by atoms with Crippen LogP contribution in [0.25, 0.3) is 0 Å². The molecule has 2 aliphatic rings. The number of nitrogens with zero attached hydrogens (tertiary/aromatic N) is 1. The van der Waals surface area contributed by atoms with Gasteiger partial charge in [0, 0.05) is 25.1 Å². The SMILES string of the molecule is CCCN1C(=O)NC(=O)C12Cc1ccc(NC=O)cc1C2. The number of benzene rings is 1. The summed E-state index contributed by atoms with van der Waals surface area (Å²) in [6.45, 7) is 2.54. The van der Waals surface area contributed by atoms with Gasteiger partial charge in [0.25, 0.3) is 5.91 Å². The fraction of sp³-hybridized carbons (Fsp3) is 0.400. The molecule has 21 heavy (non-hydrogen) atoms. The van der Waals surface area contributed by atoms with Crippen molar-refractivity contribution in [2.24, 2.45) is 0 Å². The number of hydrogen-bond donors (Lipinski definition) is 2. The van der Waals surface area contributed by atoms with Crippen LogP contribution < -0.4 is 10.6 Å². The average Bonchev–Trinajstić information content (AvgIpc) is 2.93. The summed E-state index contributed by atoms with van der Waals surface area (Å²) in [5, 5.41) is 5.05. The van der Waals surface area contributed by atoms with E-state index in [2.05, 4.69) is 10.6 Å². The first kappa shape index (κ1) is 13.6. The predicted molar refractivity (Wildman–Crippen MR) is 76.8 cm³/mol. The van der Waals surface area contributed by atoms with Crippen molar-refractivity contribution in [3.8, 4) is 0 Å². The number of carbonyl (C=O) groups is 3. The van der Waals surface area contributed by atoms with E-state index in [4.69, 9.17) is 0 Å². The fourth-order valence-electron chi connectivity index (χ4n) is 3.30. The molecule has 1 aromatic carbocycles. The van der Waals surface area contributed by atoms with Crippen LogP contribution >= 0.6 is 0 Å². The molecule has 6 heteroatoms. The van der Waals surface area contributed by atoms with Crippen LogP contribution in [-0.4, -0.2) is 35.3 Å². The van der Waals surface area contributed by atoms with Gasteiger partial charge in [0.05, 0.1) is 0 Å². The van der Waals surface area contributed by atoms with Gasteiger partial charge in [0.2, 0.25) is 6.41 Å². The van der Waals surface area contributed by atoms with Gasteiger partial charge in [-0.3, -0.25) is 14.9 Å². The van der Waals surface area contributed by atoms with E-state index >= 15 is 0 Å². The maximum absolute atomic E-state index is 12.3. The number of imide groups is 1. The standard InChI is InChI=1S/C15H17N3O3/c1-2-5-18-14(21)17-13(20)15(18)7-10-3-4-12(16-9-19)6-11(10)8-15/h3-4,6,9H,2,5,7-8H2,1H3,(H,16,19)(H,17,20,21). The van der Waals surface area contributed by atoms with Gasteiger partial charge in [0.1, 0.15) is 5.54 Å². The summed E-state index contributed by atoms with van der Waals surface area (Å²) in [6, 6.07) is 5.29. The Labute approximate surface area is 122 Å². The highest BCUT2D eigenvalue weighted by atomic mass is 16.2. The first-order valence-electron chi connectivity index (χ1n) is 7.06. The van der Waals surface area contributed by atoms with Crippen LogP contribution in [0.3, 0.4) is 0 Å². The fourth-order valence-corrected chi connectivity index (χ4v) is 3.30. The van der Waals surface area contributed by atoms with Crippen molar-refractivity contribution in [3.05, 3.63) is 29.3 Å². The average molecular weight is 287 g/mol. The van der Waals surface area contributed by atoms with Gasteiger partial charge in [-0.05, 0) is 29.7 Å². The molecule has 0 bridgehead atoms. The number of carbonyl (C=O) groups excluding carboxylic acids is 3. The summed E-state index contributed by atoms with van der Waals surface area (Å²) >= 11 is 0. The number of rotatable bonds is 4. The zero-order chi connectivity index (χ0) is 15.0. The van der Waals surface area contributed by atoms with Crippen LogP contribution in [0.5, 0.6) is 0 Å². The van der Waals surface area contributed by atoms with Gasteiger partial charge in [-0.2, -0.15) is 0 Å².